The van der Waals surface area contributed by atoms with E-state index in [9.17, 15) is 0 Å². The van der Waals surface area contributed by atoms with Gasteiger partial charge in [-0.3, -0.25) is 9.88 Å². The average molecular weight is 355 g/mol. The maximum atomic E-state index is 6.00. The van der Waals surface area contributed by atoms with Gasteiger partial charge < -0.3 is 0 Å². The third-order valence-corrected chi connectivity index (χ3v) is 6.23. The summed E-state index contributed by atoms with van der Waals surface area (Å²) >= 11 is 6.00. The van der Waals surface area contributed by atoms with Crippen LogP contribution in [0, 0.1) is 6.92 Å². The second kappa shape index (κ2) is 7.47. The number of aryl methyl sites for hydroxylation is 1. The zero-order chi connectivity index (χ0) is 17.2. The quantitative estimate of drug-likeness (QED) is 0.689. The highest BCUT2D eigenvalue weighted by molar-refractivity contribution is 6.30. The van der Waals surface area contributed by atoms with E-state index in [4.69, 9.17) is 16.6 Å². The van der Waals surface area contributed by atoms with Crippen molar-refractivity contribution in [1.82, 2.24) is 9.88 Å². The molecule has 1 aliphatic carbocycles. The highest BCUT2D eigenvalue weighted by Crippen LogP contribution is 2.33. The monoisotopic (exact) mass is 354 g/mol. The van der Waals surface area contributed by atoms with Crippen LogP contribution in [0.15, 0.2) is 36.5 Å². The predicted molar refractivity (Wildman–Crippen MR) is 105 cm³/mol. The molecule has 132 valence electrons. The number of benzene rings is 1. The summed E-state index contributed by atoms with van der Waals surface area (Å²) in [5.41, 5.74) is 5.00. The van der Waals surface area contributed by atoms with Crippen LogP contribution in [0.2, 0.25) is 5.02 Å². The van der Waals surface area contributed by atoms with Crippen LogP contribution < -0.4 is 0 Å². The Bertz CT molecular complexity index is 719. The van der Waals surface area contributed by atoms with Gasteiger partial charge in [0.1, 0.15) is 0 Å². The third-order valence-electron chi connectivity index (χ3n) is 5.98. The molecule has 2 nitrogen and oxygen atoms in total. The Balaban J connectivity index is 1.53. The number of nitrogens with zero attached hydrogens (tertiary/aromatic N) is 2. The zero-order valence-corrected chi connectivity index (χ0v) is 15.8. The summed E-state index contributed by atoms with van der Waals surface area (Å²) < 4.78 is 0. The summed E-state index contributed by atoms with van der Waals surface area (Å²) in [6, 6.07) is 11.2. The molecule has 1 unspecified atom stereocenters. The Morgan fingerprint density at radius 3 is 2.48 bits per heavy atom. The highest BCUT2D eigenvalue weighted by Gasteiger charge is 2.29. The van der Waals surface area contributed by atoms with Gasteiger partial charge in [0.25, 0.3) is 0 Å². The first-order chi connectivity index (χ1) is 12.2. The number of piperidine rings is 1. The van der Waals surface area contributed by atoms with Crippen LogP contribution >= 0.6 is 11.6 Å². The molecule has 2 heterocycles. The molecule has 1 saturated heterocycles. The molecule has 2 aliphatic rings. The van der Waals surface area contributed by atoms with E-state index in [0.29, 0.717) is 5.92 Å². The van der Waals surface area contributed by atoms with Gasteiger partial charge in [0.15, 0.2) is 0 Å². The van der Waals surface area contributed by atoms with Crippen molar-refractivity contribution >= 4 is 11.6 Å². The predicted octanol–water partition coefficient (Wildman–Crippen LogP) is 5.83. The van der Waals surface area contributed by atoms with Crippen molar-refractivity contribution in [2.75, 3.05) is 13.1 Å². The molecule has 1 saturated carbocycles. The van der Waals surface area contributed by atoms with E-state index in [-0.39, 0.29) is 0 Å². The van der Waals surface area contributed by atoms with Crippen LogP contribution in [0.5, 0.6) is 0 Å². The van der Waals surface area contributed by atoms with Crippen molar-refractivity contribution in [3.8, 4) is 11.1 Å². The third kappa shape index (κ3) is 3.75. The van der Waals surface area contributed by atoms with Crippen molar-refractivity contribution in [3.05, 3.63) is 52.8 Å². The van der Waals surface area contributed by atoms with Crippen LogP contribution in [-0.4, -0.2) is 29.0 Å². The minimum Gasteiger partial charge on any atom is -0.300 e. The maximum absolute atomic E-state index is 6.00. The molecule has 1 aromatic heterocycles. The number of likely N-dealkylation sites (tertiary alicyclic amines) is 1. The van der Waals surface area contributed by atoms with Crippen molar-refractivity contribution in [2.24, 2.45) is 0 Å². The first-order valence-electron chi connectivity index (χ1n) is 9.67. The number of hydrogen-bond acceptors (Lipinski definition) is 2. The largest absolute Gasteiger partial charge is 0.300 e. The second-order valence-corrected chi connectivity index (χ2v) is 8.14. The molecule has 1 aliphatic heterocycles. The van der Waals surface area contributed by atoms with Gasteiger partial charge in [0, 0.05) is 41.0 Å². The van der Waals surface area contributed by atoms with Gasteiger partial charge in [0.2, 0.25) is 0 Å². The van der Waals surface area contributed by atoms with Crippen LogP contribution in [0.1, 0.15) is 55.7 Å². The van der Waals surface area contributed by atoms with E-state index in [1.165, 1.54) is 74.0 Å². The van der Waals surface area contributed by atoms with E-state index in [1.807, 2.05) is 18.3 Å². The molecule has 4 rings (SSSR count). The molecule has 0 N–H and O–H groups in total. The Kier molecular flexibility index (Phi) is 5.10. The van der Waals surface area contributed by atoms with Gasteiger partial charge >= 0.3 is 0 Å². The molecule has 2 fully saturated rings. The van der Waals surface area contributed by atoms with Gasteiger partial charge in [-0.05, 0) is 68.5 Å². The Hall–Kier alpha value is -1.38. The number of pyridine rings is 1. The van der Waals surface area contributed by atoms with E-state index < -0.39 is 0 Å². The second-order valence-electron chi connectivity index (χ2n) is 7.71. The van der Waals surface area contributed by atoms with Gasteiger partial charge in [-0.1, -0.05) is 36.6 Å². The lowest BCUT2D eigenvalue weighted by Gasteiger charge is -2.37. The Morgan fingerprint density at radius 1 is 1.00 bits per heavy atom. The highest BCUT2D eigenvalue weighted by atomic mass is 35.5. The topological polar surface area (TPSA) is 16.1 Å². The van der Waals surface area contributed by atoms with Crippen LogP contribution in [0.3, 0.4) is 0 Å². The number of rotatable bonds is 3. The van der Waals surface area contributed by atoms with Gasteiger partial charge in [-0.2, -0.15) is 0 Å². The molecule has 25 heavy (non-hydrogen) atoms. The van der Waals surface area contributed by atoms with Crippen molar-refractivity contribution in [2.45, 2.75) is 57.4 Å². The molecule has 0 radical (unpaired) electrons. The molecular weight excluding hydrogens is 328 g/mol. The fraction of sp³-hybridized carbons (Fsp3) is 0.500. The summed E-state index contributed by atoms with van der Waals surface area (Å²) in [6.07, 6.45) is 10.2. The molecule has 3 heteroatoms. The SMILES string of the molecule is Cc1cc(-c2ccc(Cl)cc2)cnc1C1CCCN(C2CCCC2)C1. The fourth-order valence-electron chi connectivity index (χ4n) is 4.64. The smallest absolute Gasteiger partial charge is 0.0476 e. The molecule has 0 amide bonds. The van der Waals surface area contributed by atoms with E-state index in [2.05, 4.69) is 30.0 Å². The average Bonchev–Trinajstić information content (AvgIpc) is 3.17. The van der Waals surface area contributed by atoms with Gasteiger partial charge in [-0.25, -0.2) is 0 Å². The van der Waals surface area contributed by atoms with Crippen LogP contribution in [0.4, 0.5) is 0 Å². The number of hydrogen-bond donors (Lipinski definition) is 0. The summed E-state index contributed by atoms with van der Waals surface area (Å²) in [7, 11) is 0. The molecule has 0 bridgehead atoms. The van der Waals surface area contributed by atoms with Gasteiger partial charge in [-0.15, -0.1) is 0 Å². The number of aromatic nitrogens is 1. The summed E-state index contributed by atoms with van der Waals surface area (Å²) in [6.45, 7) is 4.69. The van der Waals surface area contributed by atoms with Crippen molar-refractivity contribution < 1.29 is 0 Å². The normalized spacial score (nSPS) is 22.4. The standard InChI is InChI=1S/C22H27ClN2/c1-16-13-19(17-8-10-20(23)11-9-17)14-24-22(16)18-5-4-12-25(15-18)21-6-2-3-7-21/h8-11,13-14,18,21H,2-7,12,15H2,1H3. The molecular formula is C22H27ClN2. The van der Waals surface area contributed by atoms with E-state index in [1.54, 1.807) is 0 Å². The molecule has 2 aromatic rings. The van der Waals surface area contributed by atoms with Crippen molar-refractivity contribution in [1.29, 1.82) is 0 Å². The molecule has 1 atom stereocenters. The number of halogens is 1. The lowest BCUT2D eigenvalue weighted by atomic mass is 9.90. The Labute approximate surface area is 156 Å². The first-order valence-corrected chi connectivity index (χ1v) is 10.0. The van der Waals surface area contributed by atoms with Gasteiger partial charge in [0.05, 0.1) is 0 Å². The maximum Gasteiger partial charge on any atom is 0.0476 e. The lowest BCUT2D eigenvalue weighted by molar-refractivity contribution is 0.148. The fourth-order valence-corrected chi connectivity index (χ4v) is 4.77. The molecule has 1 aromatic carbocycles. The summed E-state index contributed by atoms with van der Waals surface area (Å²) in [5, 5.41) is 0.777. The van der Waals surface area contributed by atoms with E-state index in [0.717, 1.165) is 11.1 Å². The summed E-state index contributed by atoms with van der Waals surface area (Å²) in [4.78, 5) is 7.65. The zero-order valence-electron chi connectivity index (χ0n) is 15.0. The van der Waals surface area contributed by atoms with E-state index >= 15 is 0 Å². The summed E-state index contributed by atoms with van der Waals surface area (Å²) in [5.74, 6) is 0.591. The first kappa shape index (κ1) is 17.1. The van der Waals surface area contributed by atoms with Crippen molar-refractivity contribution in [3.63, 3.8) is 0 Å². The molecule has 0 spiro atoms. The minimum atomic E-state index is 0.591. The lowest BCUT2D eigenvalue weighted by Crippen LogP contribution is -2.41. The minimum absolute atomic E-state index is 0.591. The Morgan fingerprint density at radius 2 is 1.76 bits per heavy atom. The van der Waals surface area contributed by atoms with Crippen LogP contribution in [-0.2, 0) is 0 Å². The van der Waals surface area contributed by atoms with Crippen LogP contribution in [0.25, 0.3) is 11.1 Å².